The van der Waals surface area contributed by atoms with Crippen molar-refractivity contribution in [3.63, 3.8) is 0 Å². The van der Waals surface area contributed by atoms with Gasteiger partial charge in [-0.1, -0.05) is 12.1 Å². The number of rotatable bonds is 5. The summed E-state index contributed by atoms with van der Waals surface area (Å²) < 4.78 is 35.1. The largest absolute Gasteiger partial charge is 0.342 e. The molecule has 0 aliphatic carbocycles. The fourth-order valence-corrected chi connectivity index (χ4v) is 3.35. The Labute approximate surface area is 117 Å². The normalized spacial score (nSPS) is 19.6. The molecule has 0 aromatic heterocycles. The first-order valence-corrected chi connectivity index (χ1v) is 8.08. The molecular weight excluding hydrogens is 283 g/mol. The first-order chi connectivity index (χ1) is 9.33. The van der Waals surface area contributed by atoms with Gasteiger partial charge in [-0.2, -0.15) is 0 Å². The fourth-order valence-electron chi connectivity index (χ4n) is 2.47. The molecule has 0 radical (unpaired) electrons. The molecule has 1 heterocycles. The van der Waals surface area contributed by atoms with Crippen molar-refractivity contribution < 1.29 is 17.6 Å². The SMILES string of the molecule is NS(=O)(=O)CC1CC(=O)N(CCc2cccc(F)c2)C1. The number of nitrogens with zero attached hydrogens (tertiary/aromatic N) is 1. The van der Waals surface area contributed by atoms with Gasteiger partial charge in [-0.15, -0.1) is 0 Å². The maximum atomic E-state index is 13.0. The van der Waals surface area contributed by atoms with Crippen LogP contribution < -0.4 is 5.14 Å². The highest BCUT2D eigenvalue weighted by molar-refractivity contribution is 7.89. The second-order valence-corrected chi connectivity index (χ2v) is 6.78. The van der Waals surface area contributed by atoms with E-state index in [0.29, 0.717) is 19.5 Å². The van der Waals surface area contributed by atoms with Crippen LogP contribution in [0.1, 0.15) is 12.0 Å². The molecule has 2 N–H and O–H groups in total. The summed E-state index contributed by atoms with van der Waals surface area (Å²) >= 11 is 0. The van der Waals surface area contributed by atoms with Crippen LogP contribution in [0.2, 0.25) is 0 Å². The van der Waals surface area contributed by atoms with Crippen LogP contribution in [0.15, 0.2) is 24.3 Å². The van der Waals surface area contributed by atoms with Crippen LogP contribution in [0.25, 0.3) is 0 Å². The average molecular weight is 300 g/mol. The molecule has 0 saturated carbocycles. The van der Waals surface area contributed by atoms with Gasteiger partial charge in [0.05, 0.1) is 5.75 Å². The molecule has 1 saturated heterocycles. The lowest BCUT2D eigenvalue weighted by Crippen LogP contribution is -2.29. The van der Waals surface area contributed by atoms with E-state index in [1.54, 1.807) is 17.0 Å². The standard InChI is InChI=1S/C13H17FN2O3S/c14-12-3-1-2-10(6-12)4-5-16-8-11(7-13(16)17)9-20(15,18)19/h1-3,6,11H,4-5,7-9H2,(H2,15,18,19). The topological polar surface area (TPSA) is 80.5 Å². The number of likely N-dealkylation sites (tertiary alicyclic amines) is 1. The first-order valence-electron chi connectivity index (χ1n) is 6.36. The number of amides is 1. The molecule has 110 valence electrons. The summed E-state index contributed by atoms with van der Waals surface area (Å²) in [5.41, 5.74) is 0.813. The quantitative estimate of drug-likeness (QED) is 0.860. The van der Waals surface area contributed by atoms with Gasteiger partial charge in [-0.05, 0) is 24.1 Å². The van der Waals surface area contributed by atoms with E-state index < -0.39 is 10.0 Å². The lowest BCUT2D eigenvalue weighted by molar-refractivity contribution is -0.127. The van der Waals surface area contributed by atoms with E-state index in [0.717, 1.165) is 5.56 Å². The van der Waals surface area contributed by atoms with E-state index in [1.807, 2.05) is 0 Å². The molecular formula is C13H17FN2O3S. The van der Waals surface area contributed by atoms with E-state index in [2.05, 4.69) is 0 Å². The molecule has 0 bridgehead atoms. The molecule has 0 spiro atoms. The van der Waals surface area contributed by atoms with E-state index in [1.165, 1.54) is 12.1 Å². The number of sulfonamides is 1. The van der Waals surface area contributed by atoms with Crippen LogP contribution >= 0.6 is 0 Å². The Morgan fingerprint density at radius 2 is 2.15 bits per heavy atom. The highest BCUT2D eigenvalue weighted by Crippen LogP contribution is 2.19. The smallest absolute Gasteiger partial charge is 0.222 e. The molecule has 1 unspecified atom stereocenters. The maximum Gasteiger partial charge on any atom is 0.222 e. The number of carbonyl (C=O) groups excluding carboxylic acids is 1. The number of hydrogen-bond acceptors (Lipinski definition) is 3. The Morgan fingerprint density at radius 1 is 1.40 bits per heavy atom. The second-order valence-electron chi connectivity index (χ2n) is 5.12. The molecule has 20 heavy (non-hydrogen) atoms. The summed E-state index contributed by atoms with van der Waals surface area (Å²) in [5.74, 6) is -0.794. The van der Waals surface area contributed by atoms with E-state index in [9.17, 15) is 17.6 Å². The first kappa shape index (κ1) is 14.9. The zero-order chi connectivity index (χ0) is 14.8. The van der Waals surface area contributed by atoms with Gasteiger partial charge < -0.3 is 4.90 Å². The average Bonchev–Trinajstić information content (AvgIpc) is 2.64. The van der Waals surface area contributed by atoms with E-state index >= 15 is 0 Å². The van der Waals surface area contributed by atoms with Crippen molar-refractivity contribution in [2.45, 2.75) is 12.8 Å². The number of nitrogens with two attached hydrogens (primary N) is 1. The summed E-state index contributed by atoms with van der Waals surface area (Å²) in [6.07, 6.45) is 0.755. The van der Waals surface area contributed by atoms with Crippen molar-refractivity contribution >= 4 is 15.9 Å². The number of halogens is 1. The summed E-state index contributed by atoms with van der Waals surface area (Å²) in [6, 6.07) is 6.22. The molecule has 1 aromatic carbocycles. The molecule has 1 aliphatic heterocycles. The monoisotopic (exact) mass is 300 g/mol. The van der Waals surface area contributed by atoms with Crippen molar-refractivity contribution in [2.24, 2.45) is 11.1 Å². The molecule has 5 nitrogen and oxygen atoms in total. The summed E-state index contributed by atoms with van der Waals surface area (Å²) in [5, 5.41) is 4.99. The Morgan fingerprint density at radius 3 is 2.80 bits per heavy atom. The van der Waals surface area contributed by atoms with Crippen LogP contribution in [-0.4, -0.2) is 38.1 Å². The molecule has 1 amide bonds. The van der Waals surface area contributed by atoms with Gasteiger partial charge in [0.15, 0.2) is 0 Å². The van der Waals surface area contributed by atoms with Gasteiger partial charge >= 0.3 is 0 Å². The van der Waals surface area contributed by atoms with E-state index in [4.69, 9.17) is 5.14 Å². The molecule has 1 aromatic rings. The van der Waals surface area contributed by atoms with Gasteiger partial charge in [0.2, 0.25) is 15.9 Å². The molecule has 1 atom stereocenters. The Balaban J connectivity index is 1.89. The minimum atomic E-state index is -3.56. The van der Waals surface area contributed by atoms with Crippen molar-refractivity contribution in [2.75, 3.05) is 18.8 Å². The number of primary sulfonamides is 1. The summed E-state index contributed by atoms with van der Waals surface area (Å²) in [6.45, 7) is 0.855. The van der Waals surface area contributed by atoms with Crippen molar-refractivity contribution in [1.29, 1.82) is 0 Å². The minimum Gasteiger partial charge on any atom is -0.342 e. The lowest BCUT2D eigenvalue weighted by Gasteiger charge is -2.16. The number of benzene rings is 1. The van der Waals surface area contributed by atoms with Crippen LogP contribution in [0, 0.1) is 11.7 Å². The zero-order valence-electron chi connectivity index (χ0n) is 11.0. The summed E-state index contributed by atoms with van der Waals surface area (Å²) in [4.78, 5) is 13.4. The Hall–Kier alpha value is -1.47. The maximum absolute atomic E-state index is 13.0. The van der Waals surface area contributed by atoms with Crippen LogP contribution in [0.5, 0.6) is 0 Å². The van der Waals surface area contributed by atoms with Gasteiger partial charge in [0.1, 0.15) is 5.82 Å². The van der Waals surface area contributed by atoms with Gasteiger partial charge in [0, 0.05) is 25.4 Å². The molecule has 7 heteroatoms. The van der Waals surface area contributed by atoms with Gasteiger partial charge in [-0.3, -0.25) is 4.79 Å². The van der Waals surface area contributed by atoms with Crippen molar-refractivity contribution in [3.8, 4) is 0 Å². The minimum absolute atomic E-state index is 0.0740. The number of carbonyl (C=O) groups is 1. The van der Waals surface area contributed by atoms with Crippen LogP contribution in [0.3, 0.4) is 0 Å². The van der Waals surface area contributed by atoms with Crippen molar-refractivity contribution in [1.82, 2.24) is 4.90 Å². The van der Waals surface area contributed by atoms with Gasteiger partial charge in [-0.25, -0.2) is 17.9 Å². The Bertz CT molecular complexity index is 603. The molecule has 1 aliphatic rings. The predicted molar refractivity (Wildman–Crippen MR) is 72.8 cm³/mol. The fraction of sp³-hybridized carbons (Fsp3) is 0.462. The third-order valence-electron chi connectivity index (χ3n) is 3.32. The van der Waals surface area contributed by atoms with E-state index in [-0.39, 0.29) is 29.8 Å². The third kappa shape index (κ3) is 4.28. The third-order valence-corrected chi connectivity index (χ3v) is 4.26. The highest BCUT2D eigenvalue weighted by atomic mass is 32.2. The van der Waals surface area contributed by atoms with Crippen LogP contribution in [-0.2, 0) is 21.2 Å². The van der Waals surface area contributed by atoms with Gasteiger partial charge in [0.25, 0.3) is 0 Å². The van der Waals surface area contributed by atoms with Crippen LogP contribution in [0.4, 0.5) is 4.39 Å². The lowest BCUT2D eigenvalue weighted by atomic mass is 10.1. The second kappa shape index (κ2) is 5.88. The summed E-state index contributed by atoms with van der Waals surface area (Å²) in [7, 11) is -3.56. The highest BCUT2D eigenvalue weighted by Gasteiger charge is 2.31. The predicted octanol–water partition coefficient (Wildman–Crippen LogP) is 0.505. The zero-order valence-corrected chi connectivity index (χ0v) is 11.8. The molecule has 1 fully saturated rings. The number of hydrogen-bond donors (Lipinski definition) is 1. The van der Waals surface area contributed by atoms with Crippen molar-refractivity contribution in [3.05, 3.63) is 35.6 Å². The Kier molecular flexibility index (Phi) is 4.39. The molecule has 2 rings (SSSR count).